The van der Waals surface area contributed by atoms with E-state index in [4.69, 9.17) is 4.74 Å². The van der Waals surface area contributed by atoms with Gasteiger partial charge < -0.3 is 14.6 Å². The molecule has 2 aromatic carbocycles. The van der Waals surface area contributed by atoms with Gasteiger partial charge in [-0.15, -0.1) is 0 Å². The van der Waals surface area contributed by atoms with Crippen molar-refractivity contribution in [3.05, 3.63) is 60.4 Å². The first kappa shape index (κ1) is 14.8. The summed E-state index contributed by atoms with van der Waals surface area (Å²) in [5.41, 5.74) is 0.866. The van der Waals surface area contributed by atoms with Crippen LogP contribution in [0.4, 0.5) is 5.82 Å². The summed E-state index contributed by atoms with van der Waals surface area (Å²) in [6.07, 6.45) is 1.45. The molecule has 3 rings (SSSR count). The van der Waals surface area contributed by atoms with Gasteiger partial charge in [-0.25, -0.2) is 0 Å². The van der Waals surface area contributed by atoms with Crippen molar-refractivity contribution in [1.82, 2.24) is 5.16 Å². The molecule has 0 saturated carbocycles. The average Bonchev–Trinajstić information content (AvgIpc) is 3.06. The van der Waals surface area contributed by atoms with Crippen molar-refractivity contribution in [1.29, 1.82) is 0 Å². The SMILES string of the molecule is O=C(COC(=O)Cc1cccc2ccccc12)Nc1ccon1. The number of nitrogens with zero attached hydrogens (tertiary/aromatic N) is 1. The van der Waals surface area contributed by atoms with Gasteiger partial charge in [-0.2, -0.15) is 0 Å². The summed E-state index contributed by atoms with van der Waals surface area (Å²) < 4.78 is 9.58. The smallest absolute Gasteiger partial charge is 0.310 e. The average molecular weight is 310 g/mol. The second-order valence-corrected chi connectivity index (χ2v) is 4.91. The van der Waals surface area contributed by atoms with Crippen molar-refractivity contribution in [3.8, 4) is 0 Å². The van der Waals surface area contributed by atoms with Crippen LogP contribution in [-0.2, 0) is 20.7 Å². The molecule has 0 bridgehead atoms. The molecular formula is C17H14N2O4. The highest BCUT2D eigenvalue weighted by atomic mass is 16.5. The second-order valence-electron chi connectivity index (χ2n) is 4.91. The van der Waals surface area contributed by atoms with Gasteiger partial charge in [0.15, 0.2) is 12.4 Å². The first-order valence-electron chi connectivity index (χ1n) is 7.05. The van der Waals surface area contributed by atoms with Gasteiger partial charge in [0.2, 0.25) is 0 Å². The molecule has 0 unspecified atom stereocenters. The highest BCUT2D eigenvalue weighted by molar-refractivity contribution is 5.93. The molecule has 6 heteroatoms. The van der Waals surface area contributed by atoms with E-state index in [0.29, 0.717) is 0 Å². The lowest BCUT2D eigenvalue weighted by Gasteiger charge is -2.07. The van der Waals surface area contributed by atoms with Gasteiger partial charge >= 0.3 is 5.97 Å². The Balaban J connectivity index is 1.57. The fraction of sp³-hybridized carbons (Fsp3) is 0.118. The van der Waals surface area contributed by atoms with Crippen molar-refractivity contribution in [3.63, 3.8) is 0 Å². The van der Waals surface area contributed by atoms with Crippen LogP contribution in [0, 0.1) is 0 Å². The van der Waals surface area contributed by atoms with Crippen molar-refractivity contribution >= 4 is 28.5 Å². The summed E-state index contributed by atoms with van der Waals surface area (Å²) in [6, 6.07) is 15.0. The Kier molecular flexibility index (Phi) is 4.33. The van der Waals surface area contributed by atoms with E-state index in [1.54, 1.807) is 0 Å². The Morgan fingerprint density at radius 2 is 1.91 bits per heavy atom. The Labute approximate surface area is 132 Å². The molecule has 0 atom stereocenters. The zero-order chi connectivity index (χ0) is 16.1. The van der Waals surface area contributed by atoms with Crippen LogP contribution in [0.15, 0.2) is 59.3 Å². The number of ether oxygens (including phenoxy) is 1. The summed E-state index contributed by atoms with van der Waals surface area (Å²) in [7, 11) is 0. The second kappa shape index (κ2) is 6.74. The van der Waals surface area contributed by atoms with E-state index < -0.39 is 11.9 Å². The Morgan fingerprint density at radius 1 is 1.09 bits per heavy atom. The number of nitrogens with one attached hydrogen (secondary N) is 1. The minimum absolute atomic E-state index is 0.110. The third kappa shape index (κ3) is 3.74. The van der Waals surface area contributed by atoms with Crippen LogP contribution in [-0.4, -0.2) is 23.6 Å². The number of fused-ring (bicyclic) bond motifs is 1. The fourth-order valence-corrected chi connectivity index (χ4v) is 2.26. The summed E-state index contributed by atoms with van der Waals surface area (Å²) in [5.74, 6) is -0.651. The highest BCUT2D eigenvalue weighted by Crippen LogP contribution is 2.19. The number of aromatic nitrogens is 1. The highest BCUT2D eigenvalue weighted by Gasteiger charge is 2.11. The molecule has 23 heavy (non-hydrogen) atoms. The molecule has 1 N–H and O–H groups in total. The van der Waals surface area contributed by atoms with Crippen LogP contribution in [0.2, 0.25) is 0 Å². The lowest BCUT2D eigenvalue weighted by atomic mass is 10.0. The van der Waals surface area contributed by atoms with E-state index in [2.05, 4.69) is 15.0 Å². The molecule has 0 spiro atoms. The van der Waals surface area contributed by atoms with Crippen LogP contribution in [0.25, 0.3) is 10.8 Å². The van der Waals surface area contributed by atoms with Crippen molar-refractivity contribution in [2.24, 2.45) is 0 Å². The molecule has 1 heterocycles. The summed E-state index contributed by atoms with van der Waals surface area (Å²) in [5, 5.41) is 8.04. The van der Waals surface area contributed by atoms with Crippen molar-refractivity contribution in [2.45, 2.75) is 6.42 Å². The van der Waals surface area contributed by atoms with Gasteiger partial charge in [-0.1, -0.05) is 47.6 Å². The molecule has 0 radical (unpaired) electrons. The maximum absolute atomic E-state index is 11.9. The van der Waals surface area contributed by atoms with Crippen LogP contribution in [0.1, 0.15) is 5.56 Å². The molecule has 0 aliphatic heterocycles. The van der Waals surface area contributed by atoms with E-state index in [1.165, 1.54) is 12.3 Å². The Morgan fingerprint density at radius 3 is 2.74 bits per heavy atom. The van der Waals surface area contributed by atoms with Crippen LogP contribution < -0.4 is 5.32 Å². The van der Waals surface area contributed by atoms with Gasteiger partial charge in [0.25, 0.3) is 5.91 Å². The zero-order valence-electron chi connectivity index (χ0n) is 12.2. The third-order valence-electron chi connectivity index (χ3n) is 3.28. The molecule has 1 amide bonds. The number of hydrogen-bond acceptors (Lipinski definition) is 5. The number of amides is 1. The lowest BCUT2D eigenvalue weighted by Crippen LogP contribution is -2.21. The monoisotopic (exact) mass is 310 g/mol. The minimum Gasteiger partial charge on any atom is -0.455 e. The largest absolute Gasteiger partial charge is 0.455 e. The van der Waals surface area contributed by atoms with Crippen LogP contribution >= 0.6 is 0 Å². The molecule has 6 nitrogen and oxygen atoms in total. The number of carbonyl (C=O) groups is 2. The molecule has 0 saturated heterocycles. The molecule has 3 aromatic rings. The molecule has 116 valence electrons. The maximum Gasteiger partial charge on any atom is 0.310 e. The number of carbonyl (C=O) groups excluding carboxylic acids is 2. The first-order chi connectivity index (χ1) is 11.2. The first-order valence-corrected chi connectivity index (χ1v) is 7.05. The number of hydrogen-bond donors (Lipinski definition) is 1. The van der Waals surface area contributed by atoms with Crippen molar-refractivity contribution < 1.29 is 18.8 Å². The summed E-state index contributed by atoms with van der Waals surface area (Å²) in [4.78, 5) is 23.5. The summed E-state index contributed by atoms with van der Waals surface area (Å²) >= 11 is 0. The van der Waals surface area contributed by atoms with E-state index in [0.717, 1.165) is 16.3 Å². The van der Waals surface area contributed by atoms with Gasteiger partial charge in [-0.05, 0) is 16.3 Å². The fourth-order valence-electron chi connectivity index (χ4n) is 2.26. The zero-order valence-corrected chi connectivity index (χ0v) is 12.2. The normalized spacial score (nSPS) is 10.4. The quantitative estimate of drug-likeness (QED) is 0.732. The van der Waals surface area contributed by atoms with Gasteiger partial charge in [0.1, 0.15) is 6.26 Å². The van der Waals surface area contributed by atoms with Crippen molar-refractivity contribution in [2.75, 3.05) is 11.9 Å². The predicted octanol–water partition coefficient (Wildman–Crippen LogP) is 2.55. The molecule has 0 aliphatic carbocycles. The molecule has 0 fully saturated rings. The van der Waals surface area contributed by atoms with Gasteiger partial charge in [0.05, 0.1) is 6.42 Å². The van der Waals surface area contributed by atoms with E-state index in [-0.39, 0.29) is 18.8 Å². The number of rotatable bonds is 5. The number of esters is 1. The molecule has 0 aliphatic rings. The Bertz CT molecular complexity index is 822. The topological polar surface area (TPSA) is 81.4 Å². The molecular weight excluding hydrogens is 296 g/mol. The molecule has 1 aromatic heterocycles. The maximum atomic E-state index is 11.9. The standard InChI is InChI=1S/C17H14N2O4/c20-16(18-15-8-9-23-19-15)11-22-17(21)10-13-6-3-5-12-4-1-2-7-14(12)13/h1-9H,10-11H2,(H,18,19,20). The Hall–Kier alpha value is -3.15. The van der Waals surface area contributed by atoms with E-state index >= 15 is 0 Å². The lowest BCUT2D eigenvalue weighted by molar-refractivity contribution is -0.146. The summed E-state index contributed by atoms with van der Waals surface area (Å²) in [6.45, 7) is -0.365. The predicted molar refractivity (Wildman–Crippen MR) is 83.7 cm³/mol. The minimum atomic E-state index is -0.467. The third-order valence-corrected chi connectivity index (χ3v) is 3.28. The van der Waals surface area contributed by atoms with Crippen LogP contribution in [0.3, 0.4) is 0 Å². The van der Waals surface area contributed by atoms with E-state index in [9.17, 15) is 9.59 Å². The van der Waals surface area contributed by atoms with Crippen LogP contribution in [0.5, 0.6) is 0 Å². The van der Waals surface area contributed by atoms with Gasteiger partial charge in [0, 0.05) is 6.07 Å². The number of anilines is 1. The van der Waals surface area contributed by atoms with E-state index in [1.807, 2.05) is 42.5 Å². The van der Waals surface area contributed by atoms with Gasteiger partial charge in [-0.3, -0.25) is 9.59 Å². The number of benzene rings is 2.